The van der Waals surface area contributed by atoms with E-state index >= 15 is 0 Å². The number of rotatable bonds is 6. The number of likely N-dealkylation sites (N-methyl/N-ethyl adjacent to an activating group) is 1. The van der Waals surface area contributed by atoms with Crippen LogP contribution in [0.4, 0.5) is 5.95 Å². The Labute approximate surface area is 104 Å². The Morgan fingerprint density at radius 1 is 1.24 bits per heavy atom. The maximum atomic E-state index is 4.29. The standard InChI is InChI=1S/C13H24N4/c1-10(2)6-12(9-17(4)5)16-13-14-7-11(3)8-15-13/h7-8,10,12H,6,9H2,1-5H3,(H,14,15,16). The van der Waals surface area contributed by atoms with Crippen molar-refractivity contribution in [1.29, 1.82) is 0 Å². The van der Waals surface area contributed by atoms with E-state index in [9.17, 15) is 0 Å². The van der Waals surface area contributed by atoms with Crippen molar-refractivity contribution in [2.24, 2.45) is 5.92 Å². The van der Waals surface area contributed by atoms with E-state index in [2.05, 4.69) is 48.1 Å². The van der Waals surface area contributed by atoms with Crippen molar-refractivity contribution < 1.29 is 0 Å². The highest BCUT2D eigenvalue weighted by Crippen LogP contribution is 2.10. The molecule has 0 aliphatic carbocycles. The third-order valence-electron chi connectivity index (χ3n) is 2.46. The van der Waals surface area contributed by atoms with Crippen LogP contribution in [-0.2, 0) is 0 Å². The summed E-state index contributed by atoms with van der Waals surface area (Å²) in [6.45, 7) is 7.46. The van der Waals surface area contributed by atoms with Gasteiger partial charge in [0.25, 0.3) is 0 Å². The Hall–Kier alpha value is -1.16. The van der Waals surface area contributed by atoms with Gasteiger partial charge in [-0.05, 0) is 38.9 Å². The van der Waals surface area contributed by atoms with Crippen molar-refractivity contribution >= 4 is 5.95 Å². The molecule has 4 heteroatoms. The largest absolute Gasteiger partial charge is 0.350 e. The Kier molecular flexibility index (Phi) is 5.35. The molecule has 0 aliphatic heterocycles. The summed E-state index contributed by atoms with van der Waals surface area (Å²) in [5.41, 5.74) is 1.09. The quantitative estimate of drug-likeness (QED) is 0.822. The molecule has 0 fully saturated rings. The maximum absolute atomic E-state index is 4.29. The van der Waals surface area contributed by atoms with Crippen LogP contribution in [0.2, 0.25) is 0 Å². The highest BCUT2D eigenvalue weighted by atomic mass is 15.2. The van der Waals surface area contributed by atoms with Crippen molar-refractivity contribution in [3.05, 3.63) is 18.0 Å². The first-order chi connectivity index (χ1) is 7.97. The van der Waals surface area contributed by atoms with Crippen LogP contribution in [0, 0.1) is 12.8 Å². The molecular weight excluding hydrogens is 212 g/mol. The molecule has 1 aromatic rings. The Bertz CT molecular complexity index is 309. The molecule has 0 spiro atoms. The molecule has 0 aliphatic rings. The molecular formula is C13H24N4. The molecule has 1 unspecified atom stereocenters. The molecule has 1 rings (SSSR count). The first kappa shape index (κ1) is 13.9. The lowest BCUT2D eigenvalue weighted by Gasteiger charge is -2.23. The first-order valence-electron chi connectivity index (χ1n) is 6.17. The topological polar surface area (TPSA) is 41.1 Å². The molecule has 0 saturated heterocycles. The van der Waals surface area contributed by atoms with Gasteiger partial charge >= 0.3 is 0 Å². The van der Waals surface area contributed by atoms with E-state index in [4.69, 9.17) is 0 Å². The van der Waals surface area contributed by atoms with Gasteiger partial charge < -0.3 is 10.2 Å². The normalized spacial score (nSPS) is 13.1. The van der Waals surface area contributed by atoms with Crippen LogP contribution in [0.15, 0.2) is 12.4 Å². The summed E-state index contributed by atoms with van der Waals surface area (Å²) in [6.07, 6.45) is 4.81. The van der Waals surface area contributed by atoms with E-state index in [1.165, 1.54) is 0 Å². The number of hydrogen-bond donors (Lipinski definition) is 1. The minimum atomic E-state index is 0.396. The SMILES string of the molecule is Cc1cnc(NC(CC(C)C)CN(C)C)nc1. The van der Waals surface area contributed by atoms with E-state index in [-0.39, 0.29) is 0 Å². The molecule has 1 atom stereocenters. The zero-order valence-electron chi connectivity index (χ0n) is 11.6. The monoisotopic (exact) mass is 236 g/mol. The Balaban J connectivity index is 2.61. The van der Waals surface area contributed by atoms with Gasteiger partial charge in [-0.25, -0.2) is 9.97 Å². The van der Waals surface area contributed by atoms with Gasteiger partial charge in [0.1, 0.15) is 0 Å². The maximum Gasteiger partial charge on any atom is 0.222 e. The van der Waals surface area contributed by atoms with Crippen molar-refractivity contribution in [2.75, 3.05) is 26.0 Å². The van der Waals surface area contributed by atoms with E-state index in [1.54, 1.807) is 0 Å². The average Bonchev–Trinajstić information content (AvgIpc) is 2.19. The van der Waals surface area contributed by atoms with Crippen LogP contribution in [0.3, 0.4) is 0 Å². The predicted molar refractivity (Wildman–Crippen MR) is 72.2 cm³/mol. The lowest BCUT2D eigenvalue weighted by Crippen LogP contribution is -2.34. The fourth-order valence-corrected chi connectivity index (χ4v) is 1.84. The highest BCUT2D eigenvalue weighted by Gasteiger charge is 2.12. The summed E-state index contributed by atoms with van der Waals surface area (Å²) in [4.78, 5) is 10.8. The number of nitrogens with one attached hydrogen (secondary N) is 1. The molecule has 0 radical (unpaired) electrons. The minimum Gasteiger partial charge on any atom is -0.350 e. The van der Waals surface area contributed by atoms with Crippen LogP contribution < -0.4 is 5.32 Å². The summed E-state index contributed by atoms with van der Waals surface area (Å²) in [6, 6.07) is 0.396. The van der Waals surface area contributed by atoms with Crippen LogP contribution in [0.1, 0.15) is 25.8 Å². The summed E-state index contributed by atoms with van der Waals surface area (Å²) in [5.74, 6) is 1.39. The molecule has 1 N–H and O–H groups in total. The zero-order valence-corrected chi connectivity index (χ0v) is 11.6. The lowest BCUT2D eigenvalue weighted by molar-refractivity contribution is 0.355. The second-order valence-electron chi connectivity index (χ2n) is 5.32. The fraction of sp³-hybridized carbons (Fsp3) is 0.692. The summed E-state index contributed by atoms with van der Waals surface area (Å²) in [5, 5.41) is 3.40. The van der Waals surface area contributed by atoms with Gasteiger partial charge in [-0.2, -0.15) is 0 Å². The van der Waals surface area contributed by atoms with Gasteiger partial charge in [-0.1, -0.05) is 13.8 Å². The summed E-state index contributed by atoms with van der Waals surface area (Å²) < 4.78 is 0. The molecule has 1 aromatic heterocycles. The average molecular weight is 236 g/mol. The first-order valence-corrected chi connectivity index (χ1v) is 6.17. The minimum absolute atomic E-state index is 0.396. The molecule has 0 bridgehead atoms. The second kappa shape index (κ2) is 6.55. The van der Waals surface area contributed by atoms with Gasteiger partial charge in [0.05, 0.1) is 0 Å². The lowest BCUT2D eigenvalue weighted by atomic mass is 10.0. The van der Waals surface area contributed by atoms with E-state index < -0.39 is 0 Å². The van der Waals surface area contributed by atoms with E-state index in [0.29, 0.717) is 12.0 Å². The van der Waals surface area contributed by atoms with Crippen molar-refractivity contribution in [2.45, 2.75) is 33.2 Å². The van der Waals surface area contributed by atoms with Gasteiger partial charge in [-0.15, -0.1) is 0 Å². The van der Waals surface area contributed by atoms with Gasteiger partial charge in [0, 0.05) is 25.0 Å². The van der Waals surface area contributed by atoms with E-state index in [0.717, 1.165) is 24.5 Å². The Morgan fingerprint density at radius 2 is 1.82 bits per heavy atom. The number of nitrogens with zero attached hydrogens (tertiary/aromatic N) is 3. The smallest absolute Gasteiger partial charge is 0.222 e. The third-order valence-corrected chi connectivity index (χ3v) is 2.46. The number of anilines is 1. The van der Waals surface area contributed by atoms with Crippen LogP contribution in [0.25, 0.3) is 0 Å². The zero-order chi connectivity index (χ0) is 12.8. The molecule has 0 amide bonds. The van der Waals surface area contributed by atoms with Crippen LogP contribution in [0.5, 0.6) is 0 Å². The second-order valence-corrected chi connectivity index (χ2v) is 5.32. The van der Waals surface area contributed by atoms with Crippen molar-refractivity contribution in [3.8, 4) is 0 Å². The van der Waals surface area contributed by atoms with Gasteiger partial charge in [0.2, 0.25) is 5.95 Å². The Morgan fingerprint density at radius 3 is 2.29 bits per heavy atom. The highest BCUT2D eigenvalue weighted by molar-refractivity contribution is 5.26. The number of aromatic nitrogens is 2. The number of hydrogen-bond acceptors (Lipinski definition) is 4. The van der Waals surface area contributed by atoms with E-state index in [1.807, 2.05) is 19.3 Å². The molecule has 0 aromatic carbocycles. The molecule has 1 heterocycles. The molecule has 96 valence electrons. The van der Waals surface area contributed by atoms with Gasteiger partial charge in [-0.3, -0.25) is 0 Å². The predicted octanol–water partition coefficient (Wildman–Crippen LogP) is 2.17. The molecule has 17 heavy (non-hydrogen) atoms. The summed E-state index contributed by atoms with van der Waals surface area (Å²) >= 11 is 0. The van der Waals surface area contributed by atoms with Crippen molar-refractivity contribution in [3.63, 3.8) is 0 Å². The fourth-order valence-electron chi connectivity index (χ4n) is 1.84. The molecule has 4 nitrogen and oxygen atoms in total. The van der Waals surface area contributed by atoms with Crippen LogP contribution in [-0.4, -0.2) is 41.5 Å². The summed E-state index contributed by atoms with van der Waals surface area (Å²) in [7, 11) is 4.18. The molecule has 0 saturated carbocycles. The van der Waals surface area contributed by atoms with Crippen molar-refractivity contribution in [1.82, 2.24) is 14.9 Å². The van der Waals surface area contributed by atoms with Crippen LogP contribution >= 0.6 is 0 Å². The third kappa shape index (κ3) is 5.63. The van der Waals surface area contributed by atoms with Gasteiger partial charge in [0.15, 0.2) is 0 Å². The number of aryl methyl sites for hydroxylation is 1.